The van der Waals surface area contributed by atoms with Crippen LogP contribution >= 0.6 is 11.3 Å². The summed E-state index contributed by atoms with van der Waals surface area (Å²) in [7, 11) is 0. The van der Waals surface area contributed by atoms with Crippen LogP contribution < -0.4 is 5.32 Å². The van der Waals surface area contributed by atoms with Crippen LogP contribution in [0.2, 0.25) is 0 Å². The first-order valence-corrected chi connectivity index (χ1v) is 5.81. The van der Waals surface area contributed by atoms with E-state index < -0.39 is 11.6 Å². The van der Waals surface area contributed by atoms with Gasteiger partial charge in [0.1, 0.15) is 0 Å². The van der Waals surface area contributed by atoms with Crippen molar-refractivity contribution in [3.8, 4) is 0 Å². The van der Waals surface area contributed by atoms with Crippen LogP contribution in [0.5, 0.6) is 0 Å². The highest BCUT2D eigenvalue weighted by Gasteiger charge is 2.25. The molecular formula is C11H17NO2S. The number of hydrogen-bond acceptors (Lipinski definition) is 3. The van der Waals surface area contributed by atoms with Gasteiger partial charge in [0.05, 0.1) is 18.1 Å². The summed E-state index contributed by atoms with van der Waals surface area (Å²) < 4.78 is 0. The lowest BCUT2D eigenvalue weighted by atomic mass is 9.98. The van der Waals surface area contributed by atoms with Gasteiger partial charge in [0, 0.05) is 4.88 Å². The highest BCUT2D eigenvalue weighted by Crippen LogP contribution is 2.12. The molecule has 1 heterocycles. The second-order valence-corrected chi connectivity index (χ2v) is 5.23. The molecule has 0 aliphatic rings. The van der Waals surface area contributed by atoms with Crippen molar-refractivity contribution in [2.75, 3.05) is 0 Å². The molecule has 4 heteroatoms. The van der Waals surface area contributed by atoms with Crippen LogP contribution in [0.4, 0.5) is 0 Å². The van der Waals surface area contributed by atoms with Gasteiger partial charge in [-0.1, -0.05) is 6.07 Å². The molecule has 1 amide bonds. The van der Waals surface area contributed by atoms with E-state index >= 15 is 0 Å². The number of amides is 1. The van der Waals surface area contributed by atoms with Gasteiger partial charge < -0.3 is 10.4 Å². The van der Waals surface area contributed by atoms with Gasteiger partial charge in [-0.2, -0.15) is 0 Å². The second-order valence-electron chi connectivity index (χ2n) is 4.20. The van der Waals surface area contributed by atoms with Gasteiger partial charge in [0.15, 0.2) is 0 Å². The fraction of sp³-hybridized carbons (Fsp3) is 0.545. The van der Waals surface area contributed by atoms with Gasteiger partial charge >= 0.3 is 0 Å². The number of aliphatic hydroxyl groups excluding tert-OH is 1. The van der Waals surface area contributed by atoms with Crippen molar-refractivity contribution in [2.24, 2.45) is 0 Å². The SMILES string of the molecule is CC(O)C(C)(C)NC(=O)Cc1cccs1. The normalized spacial score (nSPS) is 13.6. The molecule has 1 unspecified atom stereocenters. The number of nitrogens with one attached hydrogen (secondary N) is 1. The zero-order valence-corrected chi connectivity index (χ0v) is 10.1. The Balaban J connectivity index is 2.50. The third-order valence-electron chi connectivity index (χ3n) is 2.42. The third kappa shape index (κ3) is 3.64. The topological polar surface area (TPSA) is 49.3 Å². The van der Waals surface area contributed by atoms with Crippen molar-refractivity contribution in [3.63, 3.8) is 0 Å². The standard InChI is InChI=1S/C11H17NO2S/c1-8(13)11(2,3)12-10(14)7-9-5-4-6-15-9/h4-6,8,13H,7H2,1-3H3,(H,12,14). The molecule has 0 radical (unpaired) electrons. The lowest BCUT2D eigenvalue weighted by molar-refractivity contribution is -0.123. The summed E-state index contributed by atoms with van der Waals surface area (Å²) >= 11 is 1.56. The van der Waals surface area contributed by atoms with E-state index in [4.69, 9.17) is 0 Å². The first-order chi connectivity index (χ1) is 6.92. The lowest BCUT2D eigenvalue weighted by Crippen LogP contribution is -2.51. The molecule has 0 fully saturated rings. The summed E-state index contributed by atoms with van der Waals surface area (Å²) in [5, 5.41) is 14.2. The molecule has 3 nitrogen and oxygen atoms in total. The molecule has 0 aromatic carbocycles. The first-order valence-electron chi connectivity index (χ1n) is 4.93. The number of rotatable bonds is 4. The van der Waals surface area contributed by atoms with E-state index in [1.54, 1.807) is 18.3 Å². The maximum atomic E-state index is 11.6. The highest BCUT2D eigenvalue weighted by molar-refractivity contribution is 7.10. The smallest absolute Gasteiger partial charge is 0.225 e. The summed E-state index contributed by atoms with van der Waals surface area (Å²) in [6.45, 7) is 5.29. The van der Waals surface area contributed by atoms with Crippen molar-refractivity contribution in [1.29, 1.82) is 0 Å². The number of carbonyl (C=O) groups is 1. The maximum absolute atomic E-state index is 11.6. The third-order valence-corrected chi connectivity index (χ3v) is 3.30. The van der Waals surface area contributed by atoms with Crippen LogP contribution in [-0.2, 0) is 11.2 Å². The molecule has 1 atom stereocenters. The van der Waals surface area contributed by atoms with Crippen LogP contribution in [0, 0.1) is 0 Å². The van der Waals surface area contributed by atoms with Crippen molar-refractivity contribution >= 4 is 17.2 Å². The van der Waals surface area contributed by atoms with Gasteiger partial charge in [-0.25, -0.2) is 0 Å². The quantitative estimate of drug-likeness (QED) is 0.820. The van der Waals surface area contributed by atoms with Crippen LogP contribution in [0.1, 0.15) is 25.6 Å². The van der Waals surface area contributed by atoms with E-state index in [1.165, 1.54) is 0 Å². The minimum atomic E-state index is -0.575. The zero-order valence-electron chi connectivity index (χ0n) is 9.28. The molecule has 1 aromatic heterocycles. The van der Waals surface area contributed by atoms with Crippen LogP contribution in [0.15, 0.2) is 17.5 Å². The first kappa shape index (κ1) is 12.2. The number of thiophene rings is 1. The van der Waals surface area contributed by atoms with E-state index in [1.807, 2.05) is 31.4 Å². The molecule has 84 valence electrons. The number of hydrogen-bond donors (Lipinski definition) is 2. The Morgan fingerprint density at radius 3 is 2.80 bits per heavy atom. The van der Waals surface area contributed by atoms with Gasteiger partial charge in [-0.15, -0.1) is 11.3 Å². The van der Waals surface area contributed by atoms with E-state index in [9.17, 15) is 9.90 Å². The summed E-state index contributed by atoms with van der Waals surface area (Å²) in [6.07, 6.45) is -0.182. The van der Waals surface area contributed by atoms with Crippen molar-refractivity contribution in [1.82, 2.24) is 5.32 Å². The Labute approximate surface area is 94.1 Å². The van der Waals surface area contributed by atoms with Gasteiger partial charge in [0.25, 0.3) is 0 Å². The van der Waals surface area contributed by atoms with Crippen LogP contribution in [-0.4, -0.2) is 22.7 Å². The Hall–Kier alpha value is -0.870. The fourth-order valence-electron chi connectivity index (χ4n) is 1.08. The lowest BCUT2D eigenvalue weighted by Gasteiger charge is -2.29. The predicted molar refractivity (Wildman–Crippen MR) is 61.9 cm³/mol. The molecule has 0 spiro atoms. The van der Waals surface area contributed by atoms with E-state index in [0.29, 0.717) is 6.42 Å². The Morgan fingerprint density at radius 2 is 2.33 bits per heavy atom. The predicted octanol–water partition coefficient (Wildman–Crippen LogP) is 1.57. The largest absolute Gasteiger partial charge is 0.391 e. The van der Waals surface area contributed by atoms with Crippen molar-refractivity contribution in [3.05, 3.63) is 22.4 Å². The van der Waals surface area contributed by atoms with Gasteiger partial charge in [0.2, 0.25) is 5.91 Å². The van der Waals surface area contributed by atoms with E-state index in [0.717, 1.165) is 4.88 Å². The highest BCUT2D eigenvalue weighted by atomic mass is 32.1. The Morgan fingerprint density at radius 1 is 1.67 bits per heavy atom. The van der Waals surface area contributed by atoms with Crippen molar-refractivity contribution < 1.29 is 9.90 Å². The molecule has 15 heavy (non-hydrogen) atoms. The summed E-state index contributed by atoms with van der Waals surface area (Å²) in [4.78, 5) is 12.7. The minimum Gasteiger partial charge on any atom is -0.391 e. The molecule has 1 rings (SSSR count). The molecule has 0 saturated carbocycles. The monoisotopic (exact) mass is 227 g/mol. The second kappa shape index (κ2) is 4.77. The van der Waals surface area contributed by atoms with Crippen molar-refractivity contribution in [2.45, 2.75) is 38.8 Å². The zero-order chi connectivity index (χ0) is 11.5. The molecule has 1 aromatic rings. The Bertz CT molecular complexity index is 317. The summed E-state index contributed by atoms with van der Waals surface area (Å²) in [6, 6.07) is 3.85. The average molecular weight is 227 g/mol. The van der Waals surface area contributed by atoms with Gasteiger partial charge in [-0.3, -0.25) is 4.79 Å². The fourth-order valence-corrected chi connectivity index (χ4v) is 1.78. The maximum Gasteiger partial charge on any atom is 0.225 e. The van der Waals surface area contributed by atoms with Gasteiger partial charge in [-0.05, 0) is 32.2 Å². The average Bonchev–Trinajstić information content (AvgIpc) is 2.54. The van der Waals surface area contributed by atoms with E-state index in [-0.39, 0.29) is 5.91 Å². The molecule has 0 aliphatic carbocycles. The molecule has 2 N–H and O–H groups in total. The minimum absolute atomic E-state index is 0.0525. The summed E-state index contributed by atoms with van der Waals surface area (Å²) in [5.41, 5.74) is -0.575. The number of aliphatic hydroxyl groups is 1. The molecule has 0 saturated heterocycles. The number of carbonyl (C=O) groups excluding carboxylic acids is 1. The van der Waals surface area contributed by atoms with Crippen LogP contribution in [0.3, 0.4) is 0 Å². The Kier molecular flexibility index (Phi) is 3.88. The van der Waals surface area contributed by atoms with E-state index in [2.05, 4.69) is 5.32 Å². The molecule has 0 aliphatic heterocycles. The van der Waals surface area contributed by atoms with Crippen LogP contribution in [0.25, 0.3) is 0 Å². The molecule has 0 bridgehead atoms. The molecular weight excluding hydrogens is 210 g/mol. The summed E-state index contributed by atoms with van der Waals surface area (Å²) in [5.74, 6) is -0.0525.